The summed E-state index contributed by atoms with van der Waals surface area (Å²) in [6.45, 7) is 0. The molecule has 30 heteroatoms. The number of hydrogen-bond acceptors (Lipinski definition) is 21. The molecule has 4 rings (SSSR count). The third-order valence-corrected chi connectivity index (χ3v) is 12.8. The molecule has 0 spiro atoms. The number of aliphatic hydroxyl groups is 3. The van der Waals surface area contributed by atoms with Crippen LogP contribution in [0.5, 0.6) is 0 Å². The van der Waals surface area contributed by atoms with Crippen LogP contribution in [0, 0.1) is 0 Å². The van der Waals surface area contributed by atoms with Gasteiger partial charge in [0.25, 0.3) is 5.56 Å². The molecule has 48 heavy (non-hydrogen) atoms. The Kier molecular flexibility index (Phi) is 11.7. The molecule has 0 bridgehead atoms. The minimum atomic E-state index is -6.15. The maximum absolute atomic E-state index is 13.0. The number of nitrogens with zero attached hydrogens (tertiary/aromatic N) is 3. The van der Waals surface area contributed by atoms with Crippen LogP contribution < -0.4 is 22.7 Å². The molecule has 2 fully saturated rings. The average molecular weight is 773 g/mol. The summed E-state index contributed by atoms with van der Waals surface area (Å²) in [6, 6.07) is 2.07. The highest BCUT2D eigenvalue weighted by Gasteiger charge is 2.53. The normalized spacial score (nSPS) is 31.0. The Hall–Kier alpha value is -2.28. The lowest BCUT2D eigenvalue weighted by Gasteiger charge is -2.25. The summed E-state index contributed by atoms with van der Waals surface area (Å²) in [4.78, 5) is 60.8. The van der Waals surface area contributed by atoms with Crippen LogP contribution in [0.1, 0.15) is 18.9 Å². The Labute approximate surface area is 265 Å². The Morgan fingerprint density at radius 1 is 0.854 bits per heavy atom. The van der Waals surface area contributed by atoms with Crippen molar-refractivity contribution in [3.8, 4) is 0 Å². The van der Waals surface area contributed by atoms with Crippen molar-refractivity contribution in [2.45, 2.75) is 49.8 Å². The molecule has 4 heterocycles. The number of ether oxygens (including phenoxy) is 2. The summed E-state index contributed by atoms with van der Waals surface area (Å²) < 4.78 is 93.9. The van der Waals surface area contributed by atoms with E-state index in [1.807, 2.05) is 4.98 Å². The second-order valence-corrected chi connectivity index (χ2v) is 16.1. The van der Waals surface area contributed by atoms with Crippen molar-refractivity contribution in [3.05, 3.63) is 55.8 Å². The summed E-state index contributed by atoms with van der Waals surface area (Å²) in [6.07, 6.45) is -11.5. The number of nitrogens with one attached hydrogen (secondary N) is 1. The maximum atomic E-state index is 13.0. The molecule has 2 saturated heterocycles. The molecular weight excluding hydrogens is 746 g/mol. The van der Waals surface area contributed by atoms with Crippen molar-refractivity contribution in [2.24, 2.45) is 0 Å². The standard InChI is InChI=1S/C18H27N5O21P4/c1-36-47(34,40-15-8(24)7-11(38-15)22-5-3-9(19)20-17(22)28)43-45(30,31)42-46(32,33)44-48(35,37-2)41-16-13(27)12(26)14(39-16)23-6-4-10(25)21-18(23)29/h3-6,8,11-16,24,26-27H,7H2,1-2H3,(H,30,31)(H,32,33)(H2,19,20,28)(H,21,25,29)/t8-,11+,12+,13-,14+,15?,16+,47?,48?/m0/s1. The van der Waals surface area contributed by atoms with E-state index in [0.717, 1.165) is 23.0 Å². The van der Waals surface area contributed by atoms with Gasteiger partial charge in [0, 0.05) is 39.1 Å². The number of nitrogens with two attached hydrogens (primary N) is 1. The number of aromatic nitrogens is 4. The molecule has 2 aromatic heterocycles. The highest BCUT2D eigenvalue weighted by Crippen LogP contribution is 2.73. The van der Waals surface area contributed by atoms with Crippen LogP contribution in [-0.2, 0) is 58.8 Å². The highest BCUT2D eigenvalue weighted by atomic mass is 31.3. The minimum absolute atomic E-state index is 0.130. The van der Waals surface area contributed by atoms with Gasteiger partial charge >= 0.3 is 42.7 Å². The van der Waals surface area contributed by atoms with Crippen LogP contribution in [0.3, 0.4) is 0 Å². The van der Waals surface area contributed by atoms with E-state index in [1.54, 1.807) is 0 Å². The highest BCUT2D eigenvalue weighted by molar-refractivity contribution is 7.70. The molecule has 2 aliphatic rings. The van der Waals surface area contributed by atoms with E-state index >= 15 is 0 Å². The summed E-state index contributed by atoms with van der Waals surface area (Å²) >= 11 is 0. The molecule has 5 unspecified atom stereocenters. The summed E-state index contributed by atoms with van der Waals surface area (Å²) in [5.74, 6) is -0.130. The fourth-order valence-electron chi connectivity index (χ4n) is 3.97. The Morgan fingerprint density at radius 3 is 1.96 bits per heavy atom. The SMILES string of the molecule is COP(=O)(OC1O[C@@H](n2ccc(N)nc2=O)C[C@@H]1O)OP(=O)(O)OP(=O)(O)OP(=O)(OC)O[C@H]1O[C@@H](n2ccc(=O)[nH]c2=O)[C@H](O)[C@@H]1O. The van der Waals surface area contributed by atoms with Crippen molar-refractivity contribution in [1.29, 1.82) is 0 Å². The molecule has 0 aliphatic carbocycles. The second kappa shape index (κ2) is 14.5. The predicted molar refractivity (Wildman–Crippen MR) is 149 cm³/mol. The van der Waals surface area contributed by atoms with Crippen LogP contribution >= 0.6 is 31.3 Å². The Balaban J connectivity index is 1.41. The van der Waals surface area contributed by atoms with Gasteiger partial charge < -0.3 is 40.3 Å². The van der Waals surface area contributed by atoms with Gasteiger partial charge in [-0.15, -0.1) is 0 Å². The molecule has 2 aromatic rings. The first kappa shape index (κ1) is 38.5. The van der Waals surface area contributed by atoms with Crippen LogP contribution in [0.25, 0.3) is 0 Å². The zero-order valence-electron chi connectivity index (χ0n) is 24.0. The number of anilines is 1. The lowest BCUT2D eigenvalue weighted by atomic mass is 10.2. The van der Waals surface area contributed by atoms with Gasteiger partial charge in [-0.3, -0.25) is 37.0 Å². The first-order valence-electron chi connectivity index (χ1n) is 12.7. The number of H-pyrrole nitrogens is 1. The van der Waals surface area contributed by atoms with Crippen molar-refractivity contribution in [2.75, 3.05) is 20.0 Å². The monoisotopic (exact) mass is 773 g/mol. The second-order valence-electron chi connectivity index (χ2n) is 9.35. The minimum Gasteiger partial charge on any atom is -0.388 e. The quantitative estimate of drug-likeness (QED) is 0.106. The number of aromatic amines is 1. The number of nitrogen functional groups attached to an aromatic ring is 1. The molecule has 11 atom stereocenters. The molecule has 8 N–H and O–H groups in total. The van der Waals surface area contributed by atoms with Crippen molar-refractivity contribution in [1.82, 2.24) is 19.1 Å². The van der Waals surface area contributed by atoms with Crippen molar-refractivity contribution >= 4 is 37.1 Å². The van der Waals surface area contributed by atoms with Gasteiger partial charge in [-0.1, -0.05) is 0 Å². The van der Waals surface area contributed by atoms with E-state index in [4.69, 9.17) is 24.3 Å². The molecule has 0 saturated carbocycles. The van der Waals surface area contributed by atoms with Gasteiger partial charge in [0.2, 0.25) is 0 Å². The van der Waals surface area contributed by atoms with Crippen LogP contribution in [-0.4, -0.2) is 89.3 Å². The van der Waals surface area contributed by atoms with Gasteiger partial charge in [-0.2, -0.15) is 17.9 Å². The predicted octanol–water partition coefficient (Wildman–Crippen LogP) is -1.65. The first-order valence-corrected chi connectivity index (χ1v) is 18.6. The summed E-state index contributed by atoms with van der Waals surface area (Å²) in [5.41, 5.74) is 2.57. The van der Waals surface area contributed by atoms with E-state index in [-0.39, 0.29) is 12.2 Å². The smallest absolute Gasteiger partial charge is 0.388 e. The average Bonchev–Trinajstić information content (AvgIpc) is 3.44. The van der Waals surface area contributed by atoms with Gasteiger partial charge in [-0.05, 0) is 6.07 Å². The van der Waals surface area contributed by atoms with Crippen LogP contribution in [0.4, 0.5) is 5.82 Å². The number of hydrogen-bond donors (Lipinski definition) is 7. The Bertz CT molecular complexity index is 1870. The molecular formula is C18H27N5O21P4. The zero-order chi connectivity index (χ0) is 35.8. The van der Waals surface area contributed by atoms with Crippen LogP contribution in [0.15, 0.2) is 38.9 Å². The third kappa shape index (κ3) is 9.08. The molecule has 270 valence electrons. The van der Waals surface area contributed by atoms with E-state index in [2.05, 4.69) is 27.0 Å². The maximum Gasteiger partial charge on any atom is 0.490 e. The van der Waals surface area contributed by atoms with Crippen LogP contribution in [0.2, 0.25) is 0 Å². The lowest BCUT2D eigenvalue weighted by molar-refractivity contribution is -0.136. The first-order chi connectivity index (χ1) is 22.2. The topological polar surface area (TPSA) is 368 Å². The lowest BCUT2D eigenvalue weighted by Crippen LogP contribution is -2.37. The number of phosphoric acid groups is 4. The number of phosphoric ester groups is 2. The van der Waals surface area contributed by atoms with E-state index in [1.165, 1.54) is 6.07 Å². The van der Waals surface area contributed by atoms with Gasteiger partial charge in [0.05, 0.1) is 0 Å². The molecule has 2 aliphatic heterocycles. The molecule has 0 radical (unpaired) electrons. The molecule has 0 aromatic carbocycles. The van der Waals surface area contributed by atoms with E-state index in [9.17, 15) is 57.8 Å². The summed E-state index contributed by atoms with van der Waals surface area (Å²) in [5, 5.41) is 30.8. The van der Waals surface area contributed by atoms with E-state index < -0.39 is 91.6 Å². The van der Waals surface area contributed by atoms with E-state index in [0.29, 0.717) is 18.8 Å². The Morgan fingerprint density at radius 2 is 1.42 bits per heavy atom. The molecule has 26 nitrogen and oxygen atoms in total. The van der Waals surface area contributed by atoms with Crippen molar-refractivity contribution in [3.63, 3.8) is 0 Å². The fraction of sp³-hybridized carbons (Fsp3) is 0.556. The van der Waals surface area contributed by atoms with Crippen molar-refractivity contribution < 1.29 is 83.9 Å². The van der Waals surface area contributed by atoms with Gasteiger partial charge in [-0.25, -0.2) is 27.8 Å². The largest absolute Gasteiger partial charge is 0.490 e. The number of rotatable bonds is 14. The summed E-state index contributed by atoms with van der Waals surface area (Å²) in [7, 11) is -21.9. The zero-order valence-corrected chi connectivity index (χ0v) is 27.6. The molecule has 0 amide bonds. The van der Waals surface area contributed by atoms with Gasteiger partial charge in [0.15, 0.2) is 18.8 Å². The number of aliphatic hydroxyl groups excluding tert-OH is 3. The fourth-order valence-corrected chi connectivity index (χ4v) is 9.70. The third-order valence-electron chi connectivity index (χ3n) is 6.06. The van der Waals surface area contributed by atoms with Gasteiger partial charge in [0.1, 0.15) is 30.4 Å².